The normalized spacial score (nSPS) is 15.4. The number of nitrogens with zero attached hydrogens (tertiary/aromatic N) is 1. The Morgan fingerprint density at radius 3 is 2.07 bits per heavy atom. The molecule has 0 spiro atoms. The summed E-state index contributed by atoms with van der Waals surface area (Å²) in [5, 5.41) is 3.03. The quantitative estimate of drug-likeness (QED) is 0.762. The van der Waals surface area contributed by atoms with E-state index in [1.54, 1.807) is 31.2 Å². The molecule has 5 heteroatoms. The van der Waals surface area contributed by atoms with Crippen molar-refractivity contribution >= 4 is 17.7 Å². The zero-order valence-electron chi connectivity index (χ0n) is 15.6. The van der Waals surface area contributed by atoms with Crippen LogP contribution in [0.2, 0.25) is 0 Å². The molecular weight excluding hydrogens is 340 g/mol. The number of nitrogens with one attached hydrogen (secondary N) is 1. The number of hydrogen-bond donors (Lipinski definition) is 1. The molecule has 27 heavy (non-hydrogen) atoms. The van der Waals surface area contributed by atoms with Gasteiger partial charge < -0.3 is 5.32 Å². The first-order chi connectivity index (χ1) is 13.0. The third kappa shape index (κ3) is 3.77. The molecule has 1 N–H and O–H groups in total. The fraction of sp³-hybridized carbons (Fsp3) is 0.318. The van der Waals surface area contributed by atoms with E-state index < -0.39 is 17.9 Å². The molecule has 1 heterocycles. The molecule has 0 bridgehead atoms. The second-order valence-electron chi connectivity index (χ2n) is 6.82. The van der Waals surface area contributed by atoms with Gasteiger partial charge in [0.15, 0.2) is 0 Å². The Bertz CT molecular complexity index is 813. The summed E-state index contributed by atoms with van der Waals surface area (Å²) in [6.45, 7) is 3.70. The highest BCUT2D eigenvalue weighted by molar-refractivity contribution is 6.22. The Labute approximate surface area is 159 Å². The van der Waals surface area contributed by atoms with Gasteiger partial charge in [0.25, 0.3) is 11.8 Å². The van der Waals surface area contributed by atoms with Crippen molar-refractivity contribution in [3.63, 3.8) is 0 Å². The molecule has 0 fully saturated rings. The van der Waals surface area contributed by atoms with Crippen LogP contribution in [-0.2, 0) is 4.79 Å². The molecule has 0 radical (unpaired) electrons. The van der Waals surface area contributed by atoms with E-state index in [9.17, 15) is 14.4 Å². The number of carbonyl (C=O) groups is 3. The van der Waals surface area contributed by atoms with Crippen molar-refractivity contribution < 1.29 is 14.4 Å². The van der Waals surface area contributed by atoms with Crippen molar-refractivity contribution in [1.82, 2.24) is 10.2 Å². The van der Waals surface area contributed by atoms with Crippen LogP contribution in [0, 0.1) is 0 Å². The standard InChI is InChI=1S/C22H24N2O3/c1-3-4-14-19(16-10-6-5-7-11-16)23-20(25)15(2)24-21(26)17-12-8-9-13-18(17)22(24)27/h5-13,15,19H,3-4,14H2,1-2H3,(H,23,25)/t15-,19-/m1/s1. The first-order valence-corrected chi connectivity index (χ1v) is 9.36. The summed E-state index contributed by atoms with van der Waals surface area (Å²) in [5.41, 5.74) is 1.73. The SMILES string of the molecule is CCCC[C@@H](NC(=O)[C@@H](C)N1C(=O)c2ccccc2C1=O)c1ccccc1. The van der Waals surface area contributed by atoms with Crippen molar-refractivity contribution in [3.05, 3.63) is 71.3 Å². The third-order valence-corrected chi connectivity index (χ3v) is 4.96. The van der Waals surface area contributed by atoms with Gasteiger partial charge in [-0.05, 0) is 31.0 Å². The Morgan fingerprint density at radius 2 is 1.52 bits per heavy atom. The highest BCUT2D eigenvalue weighted by atomic mass is 16.2. The lowest BCUT2D eigenvalue weighted by atomic mass is 10.0. The Hall–Kier alpha value is -2.95. The largest absolute Gasteiger partial charge is 0.348 e. The number of fused-ring (bicyclic) bond motifs is 1. The summed E-state index contributed by atoms with van der Waals surface area (Å²) < 4.78 is 0. The molecule has 3 rings (SSSR count). The molecule has 0 aliphatic carbocycles. The van der Waals surface area contributed by atoms with Crippen LogP contribution in [0.4, 0.5) is 0 Å². The molecule has 0 saturated carbocycles. The van der Waals surface area contributed by atoms with Crippen LogP contribution in [0.25, 0.3) is 0 Å². The maximum atomic E-state index is 12.9. The first kappa shape index (κ1) is 18.8. The molecule has 3 amide bonds. The van der Waals surface area contributed by atoms with Crippen molar-refractivity contribution in [2.45, 2.75) is 45.2 Å². The lowest BCUT2D eigenvalue weighted by Crippen LogP contribution is -2.48. The lowest BCUT2D eigenvalue weighted by molar-refractivity contribution is -0.125. The summed E-state index contributed by atoms with van der Waals surface area (Å²) in [7, 11) is 0. The van der Waals surface area contributed by atoms with Gasteiger partial charge in [-0.2, -0.15) is 0 Å². The van der Waals surface area contributed by atoms with Gasteiger partial charge >= 0.3 is 0 Å². The molecule has 5 nitrogen and oxygen atoms in total. The number of imide groups is 1. The predicted octanol–water partition coefficient (Wildman–Crippen LogP) is 3.72. The molecular formula is C22H24N2O3. The number of unbranched alkanes of at least 4 members (excludes halogenated alkanes) is 1. The van der Waals surface area contributed by atoms with E-state index in [0.717, 1.165) is 29.7 Å². The van der Waals surface area contributed by atoms with Crippen LogP contribution in [0.3, 0.4) is 0 Å². The second-order valence-corrected chi connectivity index (χ2v) is 6.82. The average molecular weight is 364 g/mol. The van der Waals surface area contributed by atoms with Gasteiger partial charge in [0.05, 0.1) is 17.2 Å². The minimum atomic E-state index is -0.870. The minimum Gasteiger partial charge on any atom is -0.348 e. The van der Waals surface area contributed by atoms with E-state index in [0.29, 0.717) is 11.1 Å². The van der Waals surface area contributed by atoms with E-state index in [4.69, 9.17) is 0 Å². The topological polar surface area (TPSA) is 66.5 Å². The Balaban J connectivity index is 1.76. The van der Waals surface area contributed by atoms with Gasteiger partial charge in [-0.3, -0.25) is 19.3 Å². The lowest BCUT2D eigenvalue weighted by Gasteiger charge is -2.25. The maximum absolute atomic E-state index is 12.9. The molecule has 1 aliphatic heterocycles. The maximum Gasteiger partial charge on any atom is 0.262 e. The third-order valence-electron chi connectivity index (χ3n) is 4.96. The monoisotopic (exact) mass is 364 g/mol. The smallest absolute Gasteiger partial charge is 0.262 e. The van der Waals surface area contributed by atoms with Gasteiger partial charge in [0.1, 0.15) is 6.04 Å². The van der Waals surface area contributed by atoms with Gasteiger partial charge in [-0.15, -0.1) is 0 Å². The first-order valence-electron chi connectivity index (χ1n) is 9.36. The number of amides is 3. The van der Waals surface area contributed by atoms with Crippen LogP contribution in [0.15, 0.2) is 54.6 Å². The van der Waals surface area contributed by atoms with E-state index in [1.807, 2.05) is 30.3 Å². The summed E-state index contributed by atoms with van der Waals surface area (Å²) in [5.74, 6) is -1.15. The molecule has 2 aromatic carbocycles. The fourth-order valence-electron chi connectivity index (χ4n) is 3.38. The van der Waals surface area contributed by atoms with Gasteiger partial charge in [0.2, 0.25) is 5.91 Å². The van der Waals surface area contributed by atoms with E-state index in [2.05, 4.69) is 12.2 Å². The molecule has 0 saturated heterocycles. The highest BCUT2D eigenvalue weighted by Crippen LogP contribution is 2.25. The zero-order chi connectivity index (χ0) is 19.4. The fourth-order valence-corrected chi connectivity index (χ4v) is 3.38. The molecule has 1 aliphatic rings. The Kier molecular flexibility index (Phi) is 5.69. The predicted molar refractivity (Wildman–Crippen MR) is 103 cm³/mol. The number of carbonyl (C=O) groups excluding carboxylic acids is 3. The molecule has 0 aromatic heterocycles. The van der Waals surface area contributed by atoms with Crippen LogP contribution in [0.5, 0.6) is 0 Å². The summed E-state index contributed by atoms with van der Waals surface area (Å²) in [4.78, 5) is 39.1. The molecule has 140 valence electrons. The highest BCUT2D eigenvalue weighted by Gasteiger charge is 2.40. The van der Waals surface area contributed by atoms with Gasteiger partial charge in [-0.25, -0.2) is 0 Å². The molecule has 2 atom stereocenters. The van der Waals surface area contributed by atoms with Crippen LogP contribution in [0.1, 0.15) is 65.4 Å². The average Bonchev–Trinajstić information content (AvgIpc) is 2.96. The van der Waals surface area contributed by atoms with Crippen LogP contribution < -0.4 is 5.32 Å². The van der Waals surface area contributed by atoms with Gasteiger partial charge in [-0.1, -0.05) is 62.2 Å². The molecule has 2 aromatic rings. The van der Waals surface area contributed by atoms with E-state index in [-0.39, 0.29) is 11.9 Å². The zero-order valence-corrected chi connectivity index (χ0v) is 15.6. The van der Waals surface area contributed by atoms with E-state index >= 15 is 0 Å². The Morgan fingerprint density at radius 1 is 0.963 bits per heavy atom. The summed E-state index contributed by atoms with van der Waals surface area (Å²) >= 11 is 0. The van der Waals surface area contributed by atoms with Crippen molar-refractivity contribution in [2.24, 2.45) is 0 Å². The summed E-state index contributed by atoms with van der Waals surface area (Å²) in [6.07, 6.45) is 2.80. The number of hydrogen-bond acceptors (Lipinski definition) is 3. The number of rotatable bonds is 7. The van der Waals surface area contributed by atoms with Crippen molar-refractivity contribution in [1.29, 1.82) is 0 Å². The van der Waals surface area contributed by atoms with Crippen molar-refractivity contribution in [2.75, 3.05) is 0 Å². The van der Waals surface area contributed by atoms with Crippen LogP contribution in [-0.4, -0.2) is 28.7 Å². The summed E-state index contributed by atoms with van der Waals surface area (Å²) in [6, 6.07) is 15.4. The number of benzene rings is 2. The molecule has 0 unspecified atom stereocenters. The van der Waals surface area contributed by atoms with Crippen LogP contribution >= 0.6 is 0 Å². The second kappa shape index (κ2) is 8.16. The van der Waals surface area contributed by atoms with Crippen molar-refractivity contribution in [3.8, 4) is 0 Å². The minimum absolute atomic E-state index is 0.142. The van der Waals surface area contributed by atoms with E-state index in [1.165, 1.54) is 0 Å². The van der Waals surface area contributed by atoms with Gasteiger partial charge in [0, 0.05) is 0 Å².